The molecule has 3 aliphatic heterocycles. The molecule has 3 heterocycles. The van der Waals surface area contributed by atoms with Crippen molar-refractivity contribution in [3.63, 3.8) is 0 Å². The van der Waals surface area contributed by atoms with Gasteiger partial charge in [-0.2, -0.15) is 0 Å². The molecule has 0 unspecified atom stereocenters. The van der Waals surface area contributed by atoms with Gasteiger partial charge in [0.2, 0.25) is 5.91 Å². The summed E-state index contributed by atoms with van der Waals surface area (Å²) in [7, 11) is 0. The van der Waals surface area contributed by atoms with Crippen LogP contribution in [0.5, 0.6) is 11.5 Å². The molecular formula is C22H27N3O5. The number of imide groups is 1. The van der Waals surface area contributed by atoms with Gasteiger partial charge in [-0.1, -0.05) is 18.9 Å². The molecule has 4 amide bonds. The van der Waals surface area contributed by atoms with Crippen molar-refractivity contribution < 1.29 is 23.9 Å². The highest BCUT2D eigenvalue weighted by Crippen LogP contribution is 2.39. The summed E-state index contributed by atoms with van der Waals surface area (Å²) in [5, 5.41) is 2.84. The average molecular weight is 413 g/mol. The molecule has 1 aliphatic carbocycles. The number of amides is 4. The predicted octanol–water partition coefficient (Wildman–Crippen LogP) is 2.38. The number of likely N-dealkylation sites (tertiary alicyclic amines) is 1. The second kappa shape index (κ2) is 7.49. The van der Waals surface area contributed by atoms with Crippen molar-refractivity contribution in [1.29, 1.82) is 0 Å². The van der Waals surface area contributed by atoms with Crippen molar-refractivity contribution in [1.82, 2.24) is 15.1 Å². The Labute approximate surface area is 175 Å². The maximum absolute atomic E-state index is 13.1. The summed E-state index contributed by atoms with van der Waals surface area (Å²) >= 11 is 0. The SMILES string of the molecule is O=C1NC2(CCCC2)C(=O)N1CC(=O)N1CCC[C@@H]1c1ccc2c(c1)OCCCO2. The summed E-state index contributed by atoms with van der Waals surface area (Å²) in [5.41, 5.74) is 0.213. The lowest BCUT2D eigenvalue weighted by Crippen LogP contribution is -2.46. The smallest absolute Gasteiger partial charge is 0.325 e. The van der Waals surface area contributed by atoms with Crippen LogP contribution in [0.25, 0.3) is 0 Å². The number of urea groups is 1. The van der Waals surface area contributed by atoms with E-state index in [9.17, 15) is 14.4 Å². The number of rotatable bonds is 3. The lowest BCUT2D eigenvalue weighted by molar-refractivity contribution is -0.139. The van der Waals surface area contributed by atoms with Gasteiger partial charge in [0.25, 0.3) is 5.91 Å². The third-order valence-electron chi connectivity index (χ3n) is 6.73. The van der Waals surface area contributed by atoms with Crippen LogP contribution in [0.2, 0.25) is 0 Å². The van der Waals surface area contributed by atoms with Gasteiger partial charge in [0.1, 0.15) is 12.1 Å². The number of fused-ring (bicyclic) bond motifs is 1. The highest BCUT2D eigenvalue weighted by atomic mass is 16.5. The summed E-state index contributed by atoms with van der Waals surface area (Å²) in [4.78, 5) is 41.3. The normalized spacial score (nSPS) is 25.0. The Kier molecular flexibility index (Phi) is 4.79. The third kappa shape index (κ3) is 3.18. The fraction of sp³-hybridized carbons (Fsp3) is 0.591. The first-order valence-electron chi connectivity index (χ1n) is 10.9. The Morgan fingerprint density at radius 2 is 1.83 bits per heavy atom. The first-order chi connectivity index (χ1) is 14.6. The summed E-state index contributed by atoms with van der Waals surface area (Å²) in [6.07, 6.45) is 5.73. The third-order valence-corrected chi connectivity index (χ3v) is 6.73. The first-order valence-corrected chi connectivity index (χ1v) is 10.9. The fourth-order valence-corrected chi connectivity index (χ4v) is 5.16. The van der Waals surface area contributed by atoms with Crippen LogP contribution in [-0.2, 0) is 9.59 Å². The number of ether oxygens (including phenoxy) is 2. The van der Waals surface area contributed by atoms with Crippen molar-refractivity contribution in [3.8, 4) is 11.5 Å². The van der Waals surface area contributed by atoms with Crippen molar-refractivity contribution >= 4 is 17.8 Å². The highest BCUT2D eigenvalue weighted by molar-refractivity contribution is 6.09. The zero-order chi connectivity index (χ0) is 20.7. The monoisotopic (exact) mass is 413 g/mol. The number of nitrogens with zero attached hydrogens (tertiary/aromatic N) is 2. The van der Waals surface area contributed by atoms with Crippen LogP contribution in [0.4, 0.5) is 4.79 Å². The van der Waals surface area contributed by atoms with Crippen molar-refractivity contribution in [2.75, 3.05) is 26.3 Å². The van der Waals surface area contributed by atoms with Gasteiger partial charge >= 0.3 is 6.03 Å². The number of carbonyl (C=O) groups excluding carboxylic acids is 3. The van der Waals surface area contributed by atoms with Crippen LogP contribution in [0, 0.1) is 0 Å². The molecule has 1 aromatic rings. The van der Waals surface area contributed by atoms with E-state index >= 15 is 0 Å². The van der Waals surface area contributed by atoms with Gasteiger partial charge in [-0.15, -0.1) is 0 Å². The maximum atomic E-state index is 13.1. The molecule has 8 heteroatoms. The molecule has 1 saturated carbocycles. The average Bonchev–Trinajstić information content (AvgIpc) is 3.41. The number of benzene rings is 1. The number of hydrogen-bond donors (Lipinski definition) is 1. The molecule has 3 fully saturated rings. The van der Waals surface area contributed by atoms with Crippen molar-refractivity contribution in [2.45, 2.75) is 56.5 Å². The van der Waals surface area contributed by atoms with Gasteiger partial charge in [0.05, 0.1) is 19.3 Å². The minimum absolute atomic E-state index is 0.0872. The van der Waals surface area contributed by atoms with Gasteiger partial charge in [-0.05, 0) is 43.4 Å². The van der Waals surface area contributed by atoms with Gasteiger partial charge in [0.15, 0.2) is 11.5 Å². The standard InChI is InChI=1S/C22H27N3O5/c26-19(14-25-20(27)22(23-21(25)28)8-1-2-9-22)24-10-3-5-16(24)15-6-7-17-18(13-15)30-12-4-11-29-17/h6-7,13,16H,1-5,8-12,14H2,(H,23,28)/t16-/m1/s1. The molecule has 1 N–H and O–H groups in total. The number of hydrogen-bond acceptors (Lipinski definition) is 5. The topological polar surface area (TPSA) is 88.2 Å². The first kappa shape index (κ1) is 19.2. The van der Waals surface area contributed by atoms with Crippen molar-refractivity contribution in [2.24, 2.45) is 0 Å². The van der Waals surface area contributed by atoms with E-state index in [0.717, 1.165) is 48.3 Å². The zero-order valence-electron chi connectivity index (χ0n) is 17.0. The van der Waals surface area contributed by atoms with Gasteiger partial charge in [0, 0.05) is 13.0 Å². The van der Waals surface area contributed by atoms with Gasteiger partial charge < -0.3 is 19.7 Å². The number of carbonyl (C=O) groups is 3. The molecule has 1 aromatic carbocycles. The van der Waals surface area contributed by atoms with Crippen molar-refractivity contribution in [3.05, 3.63) is 23.8 Å². The van der Waals surface area contributed by atoms with Crippen LogP contribution < -0.4 is 14.8 Å². The Morgan fingerprint density at radius 1 is 1.07 bits per heavy atom. The van der Waals surface area contributed by atoms with Crippen LogP contribution >= 0.6 is 0 Å². The molecule has 2 saturated heterocycles. The van der Waals surface area contributed by atoms with E-state index in [0.29, 0.717) is 38.3 Å². The van der Waals surface area contributed by atoms with E-state index in [2.05, 4.69) is 5.32 Å². The van der Waals surface area contributed by atoms with E-state index in [1.54, 1.807) is 4.90 Å². The fourth-order valence-electron chi connectivity index (χ4n) is 5.16. The predicted molar refractivity (Wildman–Crippen MR) is 107 cm³/mol. The molecule has 1 atom stereocenters. The maximum Gasteiger partial charge on any atom is 0.325 e. The number of nitrogens with one attached hydrogen (secondary N) is 1. The van der Waals surface area contributed by atoms with Gasteiger partial charge in [-0.25, -0.2) is 4.79 Å². The summed E-state index contributed by atoms with van der Waals surface area (Å²) in [6, 6.07) is 5.30. The summed E-state index contributed by atoms with van der Waals surface area (Å²) in [5.74, 6) is 1.00. The zero-order valence-corrected chi connectivity index (χ0v) is 17.0. The second-order valence-electron chi connectivity index (χ2n) is 8.61. The Bertz CT molecular complexity index is 880. The molecule has 0 aromatic heterocycles. The summed E-state index contributed by atoms with van der Waals surface area (Å²) < 4.78 is 11.5. The molecule has 8 nitrogen and oxygen atoms in total. The summed E-state index contributed by atoms with van der Waals surface area (Å²) in [6.45, 7) is 1.66. The van der Waals surface area contributed by atoms with E-state index < -0.39 is 11.6 Å². The van der Waals surface area contributed by atoms with Crippen LogP contribution in [0.15, 0.2) is 18.2 Å². The van der Waals surface area contributed by atoms with E-state index in [1.165, 1.54) is 0 Å². The van der Waals surface area contributed by atoms with E-state index in [-0.39, 0.29) is 24.4 Å². The molecule has 30 heavy (non-hydrogen) atoms. The van der Waals surface area contributed by atoms with E-state index in [1.807, 2.05) is 18.2 Å². The Hall–Kier alpha value is -2.77. The van der Waals surface area contributed by atoms with Crippen LogP contribution in [0.1, 0.15) is 56.6 Å². The Morgan fingerprint density at radius 3 is 2.63 bits per heavy atom. The molecule has 0 bridgehead atoms. The van der Waals surface area contributed by atoms with Gasteiger partial charge in [-0.3, -0.25) is 14.5 Å². The minimum Gasteiger partial charge on any atom is -0.490 e. The molecule has 1 spiro atoms. The quantitative estimate of drug-likeness (QED) is 0.769. The largest absolute Gasteiger partial charge is 0.490 e. The molecule has 160 valence electrons. The Balaban J connectivity index is 1.32. The minimum atomic E-state index is -0.782. The lowest BCUT2D eigenvalue weighted by atomic mass is 9.98. The van der Waals surface area contributed by atoms with Crippen LogP contribution in [0.3, 0.4) is 0 Å². The second-order valence-corrected chi connectivity index (χ2v) is 8.61. The molecular weight excluding hydrogens is 386 g/mol. The molecule has 0 radical (unpaired) electrons. The highest BCUT2D eigenvalue weighted by Gasteiger charge is 2.53. The van der Waals surface area contributed by atoms with E-state index in [4.69, 9.17) is 9.47 Å². The molecule has 4 aliphatic rings. The van der Waals surface area contributed by atoms with Crippen LogP contribution in [-0.4, -0.2) is 59.5 Å². The lowest BCUT2D eigenvalue weighted by Gasteiger charge is -2.27. The molecule has 5 rings (SSSR count).